The van der Waals surface area contributed by atoms with Crippen molar-refractivity contribution in [1.29, 1.82) is 0 Å². The van der Waals surface area contributed by atoms with Crippen molar-refractivity contribution in [1.82, 2.24) is 24.9 Å². The number of hydrogen-bond acceptors (Lipinski definition) is 5. The topological polar surface area (TPSA) is 89.1 Å². The highest BCUT2D eigenvalue weighted by molar-refractivity contribution is 6.49. The molecule has 4 heterocycles. The molecule has 8 heteroatoms. The zero-order chi connectivity index (χ0) is 21.2. The van der Waals surface area contributed by atoms with Gasteiger partial charge in [-0.05, 0) is 56.0 Å². The third kappa shape index (κ3) is 4.16. The predicted molar refractivity (Wildman–Crippen MR) is 120 cm³/mol. The van der Waals surface area contributed by atoms with E-state index in [1.54, 1.807) is 10.9 Å². The van der Waals surface area contributed by atoms with Gasteiger partial charge in [0.05, 0.1) is 24.1 Å². The number of rotatable bonds is 4. The van der Waals surface area contributed by atoms with Crippen LogP contribution in [-0.2, 0) is 18.3 Å². The Balaban J connectivity index is 1.39. The summed E-state index contributed by atoms with van der Waals surface area (Å²) in [6.45, 7) is 2.64. The molecule has 5 rings (SSSR count). The number of fused-ring (bicyclic) bond motifs is 1. The maximum atomic E-state index is 13.2. The molecule has 160 valence electrons. The molecule has 0 aliphatic carbocycles. The first-order valence-corrected chi connectivity index (χ1v) is 10.9. The third-order valence-electron chi connectivity index (χ3n) is 6.03. The van der Waals surface area contributed by atoms with E-state index in [2.05, 4.69) is 44.0 Å². The minimum Gasteiger partial charge on any atom is -0.318 e. The van der Waals surface area contributed by atoms with Crippen molar-refractivity contribution >= 4 is 17.3 Å². The smallest absolute Gasteiger partial charge is 0.274 e. The van der Waals surface area contributed by atoms with E-state index in [1.807, 2.05) is 30.3 Å². The highest BCUT2D eigenvalue weighted by Crippen LogP contribution is 2.26. The molecule has 0 saturated carbocycles. The first-order valence-electron chi connectivity index (χ1n) is 10.9. The first-order chi connectivity index (χ1) is 15.2. The normalized spacial score (nSPS) is 17.0. The highest BCUT2D eigenvalue weighted by Gasteiger charge is 2.22. The Kier molecular flexibility index (Phi) is 5.38. The van der Waals surface area contributed by atoms with Gasteiger partial charge in [0.15, 0.2) is 0 Å². The molecule has 0 atom stereocenters. The summed E-state index contributed by atoms with van der Waals surface area (Å²) in [5.41, 5.74) is 5.32. The quantitative estimate of drug-likeness (QED) is 0.683. The van der Waals surface area contributed by atoms with E-state index in [9.17, 15) is 4.79 Å². The summed E-state index contributed by atoms with van der Waals surface area (Å²) in [4.78, 5) is 17.9. The Labute approximate surface area is 181 Å². The van der Waals surface area contributed by atoms with Gasteiger partial charge in [0.2, 0.25) is 0 Å². The average Bonchev–Trinajstić information content (AvgIpc) is 3.38. The molecule has 0 spiro atoms. The number of aliphatic imine (C=N–C) groups is 1. The van der Waals surface area contributed by atoms with Gasteiger partial charge in [0, 0.05) is 37.1 Å². The molecule has 1 amide bonds. The number of aromatic nitrogens is 4. The lowest BCUT2D eigenvalue weighted by atomic mass is 9.95. The highest BCUT2D eigenvalue weighted by atomic mass is 16.1. The van der Waals surface area contributed by atoms with Crippen molar-refractivity contribution in [2.24, 2.45) is 12.0 Å². The molecule has 2 N–H and O–H groups in total. The summed E-state index contributed by atoms with van der Waals surface area (Å²) in [5.74, 6) is -0.184. The number of anilines is 1. The van der Waals surface area contributed by atoms with Gasteiger partial charge in [-0.15, -0.1) is 0 Å². The van der Waals surface area contributed by atoms with Crippen LogP contribution in [0.4, 0.5) is 5.69 Å². The Morgan fingerprint density at radius 3 is 2.81 bits per heavy atom. The average molecular weight is 418 g/mol. The summed E-state index contributed by atoms with van der Waals surface area (Å²) in [7, 11) is 1.90. The lowest BCUT2D eigenvalue weighted by Gasteiger charge is -2.22. The van der Waals surface area contributed by atoms with Crippen molar-refractivity contribution in [3.05, 3.63) is 54.1 Å². The van der Waals surface area contributed by atoms with Crippen LogP contribution in [0.3, 0.4) is 0 Å². The van der Waals surface area contributed by atoms with E-state index in [0.717, 1.165) is 61.0 Å². The third-order valence-corrected chi connectivity index (χ3v) is 6.03. The largest absolute Gasteiger partial charge is 0.318 e. The summed E-state index contributed by atoms with van der Waals surface area (Å²) < 4.78 is 3.75. The molecule has 0 radical (unpaired) electrons. The summed E-state index contributed by atoms with van der Waals surface area (Å²) in [6.07, 6.45) is 11.4. The summed E-state index contributed by atoms with van der Waals surface area (Å²) in [6, 6.07) is 6.65. The van der Waals surface area contributed by atoms with E-state index in [4.69, 9.17) is 0 Å². The minimum absolute atomic E-state index is 0.184. The zero-order valence-electron chi connectivity index (χ0n) is 17.7. The number of nitrogens with one attached hydrogen (secondary N) is 2. The Morgan fingerprint density at radius 2 is 2.00 bits per heavy atom. The summed E-state index contributed by atoms with van der Waals surface area (Å²) in [5, 5.41) is 15.1. The summed E-state index contributed by atoms with van der Waals surface area (Å²) >= 11 is 0. The van der Waals surface area contributed by atoms with Crippen LogP contribution in [0, 0.1) is 0 Å². The van der Waals surface area contributed by atoms with Gasteiger partial charge in [-0.25, -0.2) is 0 Å². The van der Waals surface area contributed by atoms with Gasteiger partial charge in [0.25, 0.3) is 5.91 Å². The molecule has 1 saturated heterocycles. The van der Waals surface area contributed by atoms with Crippen LogP contribution < -0.4 is 10.6 Å². The van der Waals surface area contributed by atoms with E-state index in [1.165, 1.54) is 0 Å². The van der Waals surface area contributed by atoms with Gasteiger partial charge in [0.1, 0.15) is 5.71 Å². The van der Waals surface area contributed by atoms with Crippen molar-refractivity contribution in [2.75, 3.05) is 25.0 Å². The SMILES string of the molecule is Cn1cc(-c2ccc3c(c2)C(C(=O)Nc2cnn(C4CCNCC4)c2)=NCCC3)cn1. The van der Waals surface area contributed by atoms with Crippen LogP contribution in [0.15, 0.2) is 48.0 Å². The zero-order valence-corrected chi connectivity index (χ0v) is 17.7. The van der Waals surface area contributed by atoms with Crippen LogP contribution in [0.1, 0.15) is 36.4 Å². The number of amides is 1. The fraction of sp³-hybridized carbons (Fsp3) is 0.391. The second kappa shape index (κ2) is 8.47. The molecule has 1 fully saturated rings. The van der Waals surface area contributed by atoms with Gasteiger partial charge in [-0.1, -0.05) is 12.1 Å². The second-order valence-corrected chi connectivity index (χ2v) is 8.25. The Bertz CT molecular complexity index is 1120. The molecule has 0 unspecified atom stereocenters. The van der Waals surface area contributed by atoms with Crippen LogP contribution >= 0.6 is 0 Å². The number of benzene rings is 1. The second-order valence-electron chi connectivity index (χ2n) is 8.25. The number of carbonyl (C=O) groups excluding carboxylic acids is 1. The van der Waals surface area contributed by atoms with Gasteiger partial charge in [-0.3, -0.25) is 19.2 Å². The lowest BCUT2D eigenvalue weighted by molar-refractivity contribution is -0.110. The fourth-order valence-corrected chi connectivity index (χ4v) is 4.37. The van der Waals surface area contributed by atoms with E-state index >= 15 is 0 Å². The minimum atomic E-state index is -0.184. The monoisotopic (exact) mass is 417 g/mol. The Hall–Kier alpha value is -3.26. The Morgan fingerprint density at radius 1 is 1.13 bits per heavy atom. The van der Waals surface area contributed by atoms with Crippen LogP contribution in [-0.4, -0.2) is 50.8 Å². The van der Waals surface area contributed by atoms with Crippen molar-refractivity contribution < 1.29 is 4.79 Å². The van der Waals surface area contributed by atoms with Crippen molar-refractivity contribution in [3.8, 4) is 11.1 Å². The molecular formula is C23H27N7O. The molecule has 8 nitrogen and oxygen atoms in total. The van der Waals surface area contributed by atoms with Crippen LogP contribution in [0.25, 0.3) is 11.1 Å². The first kappa shape index (κ1) is 19.7. The molecule has 2 aromatic heterocycles. The van der Waals surface area contributed by atoms with Crippen molar-refractivity contribution in [3.63, 3.8) is 0 Å². The maximum absolute atomic E-state index is 13.2. The van der Waals surface area contributed by atoms with Crippen LogP contribution in [0.2, 0.25) is 0 Å². The number of aryl methyl sites for hydroxylation is 2. The molecule has 1 aromatic carbocycles. The van der Waals surface area contributed by atoms with Gasteiger partial charge < -0.3 is 10.6 Å². The fourth-order valence-electron chi connectivity index (χ4n) is 4.37. The lowest BCUT2D eigenvalue weighted by Crippen LogP contribution is -2.29. The number of carbonyl (C=O) groups is 1. The van der Waals surface area contributed by atoms with Crippen molar-refractivity contribution in [2.45, 2.75) is 31.7 Å². The standard InChI is InChI=1S/C23H27N7O/c1-29-14-18(12-26-29)17-5-4-16-3-2-8-25-22(21(16)11-17)23(31)28-19-13-27-30(15-19)20-6-9-24-10-7-20/h4-5,11-15,20,24H,2-3,6-10H2,1H3,(H,28,31). The van der Waals surface area contributed by atoms with E-state index < -0.39 is 0 Å². The number of piperidine rings is 1. The van der Waals surface area contributed by atoms with Gasteiger partial charge in [-0.2, -0.15) is 10.2 Å². The van der Waals surface area contributed by atoms with Crippen LogP contribution in [0.5, 0.6) is 0 Å². The molecule has 3 aromatic rings. The predicted octanol–water partition coefficient (Wildman–Crippen LogP) is 2.58. The number of hydrogen-bond donors (Lipinski definition) is 2. The molecule has 2 aliphatic rings. The molecular weight excluding hydrogens is 390 g/mol. The molecule has 31 heavy (non-hydrogen) atoms. The number of nitrogens with zero attached hydrogens (tertiary/aromatic N) is 5. The van der Waals surface area contributed by atoms with E-state index in [0.29, 0.717) is 24.0 Å². The van der Waals surface area contributed by atoms with Gasteiger partial charge >= 0.3 is 0 Å². The molecule has 0 bridgehead atoms. The molecule has 2 aliphatic heterocycles. The maximum Gasteiger partial charge on any atom is 0.274 e. The van der Waals surface area contributed by atoms with E-state index in [-0.39, 0.29) is 5.91 Å².